The summed E-state index contributed by atoms with van der Waals surface area (Å²) in [6.07, 6.45) is 4.29. The van der Waals surface area contributed by atoms with Crippen molar-refractivity contribution in [2.75, 3.05) is 6.61 Å². The van der Waals surface area contributed by atoms with E-state index in [9.17, 15) is 4.79 Å². The van der Waals surface area contributed by atoms with Crippen LogP contribution in [0.15, 0.2) is 72.8 Å². The summed E-state index contributed by atoms with van der Waals surface area (Å²) in [5.41, 5.74) is 5.65. The summed E-state index contributed by atoms with van der Waals surface area (Å²) in [6, 6.07) is 25.0. The van der Waals surface area contributed by atoms with Crippen LogP contribution >= 0.6 is 0 Å². The van der Waals surface area contributed by atoms with Gasteiger partial charge in [0.2, 0.25) is 0 Å². The maximum absolute atomic E-state index is 11.9. The van der Waals surface area contributed by atoms with Crippen molar-refractivity contribution in [2.45, 2.75) is 59.0 Å². The van der Waals surface area contributed by atoms with Crippen molar-refractivity contribution >= 4 is 5.97 Å². The van der Waals surface area contributed by atoms with Crippen molar-refractivity contribution in [3.63, 3.8) is 0 Å². The zero-order valence-corrected chi connectivity index (χ0v) is 19.5. The molecule has 0 saturated carbocycles. The third-order valence-corrected chi connectivity index (χ3v) is 5.59. The monoisotopic (exact) mass is 430 g/mol. The van der Waals surface area contributed by atoms with Gasteiger partial charge in [-0.1, -0.05) is 87.4 Å². The van der Waals surface area contributed by atoms with E-state index in [1.165, 1.54) is 11.1 Å². The first-order valence-corrected chi connectivity index (χ1v) is 11.7. The fourth-order valence-electron chi connectivity index (χ4n) is 3.63. The van der Waals surface area contributed by atoms with Crippen molar-refractivity contribution in [3.8, 4) is 28.0 Å². The third kappa shape index (κ3) is 6.46. The molecular formula is C29H34O3. The first-order valence-electron chi connectivity index (χ1n) is 11.7. The average Bonchev–Trinajstić information content (AvgIpc) is 2.83. The van der Waals surface area contributed by atoms with Gasteiger partial charge in [0.05, 0.1) is 6.61 Å². The molecule has 0 amide bonds. The van der Waals surface area contributed by atoms with E-state index >= 15 is 0 Å². The maximum Gasteiger partial charge on any atom is 0.306 e. The number of ether oxygens (including phenoxy) is 2. The van der Waals surface area contributed by atoms with Gasteiger partial charge in [-0.25, -0.2) is 0 Å². The SMILES string of the molecule is CCCCOc1ccc(-c2ccccc2-c2ccc(C(C)OC(=O)CCCC)cc2)cc1. The minimum Gasteiger partial charge on any atom is -0.494 e. The van der Waals surface area contributed by atoms with Crippen LogP contribution in [-0.2, 0) is 9.53 Å². The van der Waals surface area contributed by atoms with E-state index in [-0.39, 0.29) is 12.1 Å². The Balaban J connectivity index is 1.74. The molecule has 0 fully saturated rings. The summed E-state index contributed by atoms with van der Waals surface area (Å²) in [4.78, 5) is 11.9. The van der Waals surface area contributed by atoms with Gasteiger partial charge < -0.3 is 9.47 Å². The van der Waals surface area contributed by atoms with Crippen LogP contribution in [0.1, 0.15) is 64.5 Å². The van der Waals surface area contributed by atoms with Crippen LogP contribution in [0.5, 0.6) is 5.75 Å². The standard InChI is InChI=1S/C29H34O3/c1-4-6-12-29(30)32-22(3)23-13-15-24(16-14-23)27-10-8-9-11-28(27)25-17-19-26(20-18-25)31-21-7-5-2/h8-11,13-20,22H,4-7,12,21H2,1-3H3. The molecule has 0 radical (unpaired) electrons. The number of rotatable bonds is 11. The molecule has 0 aromatic heterocycles. The quantitative estimate of drug-likeness (QED) is 0.228. The number of unbranched alkanes of at least 4 members (excludes halogenated alkanes) is 2. The Morgan fingerprint density at radius 1 is 0.781 bits per heavy atom. The lowest BCUT2D eigenvalue weighted by Gasteiger charge is -2.15. The van der Waals surface area contributed by atoms with Gasteiger partial charge in [-0.2, -0.15) is 0 Å². The van der Waals surface area contributed by atoms with Gasteiger partial charge in [-0.05, 0) is 59.7 Å². The smallest absolute Gasteiger partial charge is 0.306 e. The van der Waals surface area contributed by atoms with Gasteiger partial charge >= 0.3 is 5.97 Å². The molecule has 0 spiro atoms. The number of hydrogen-bond donors (Lipinski definition) is 0. The van der Waals surface area contributed by atoms with Crippen molar-refractivity contribution in [2.24, 2.45) is 0 Å². The van der Waals surface area contributed by atoms with Crippen LogP contribution in [0.3, 0.4) is 0 Å². The Labute approximate surface area is 192 Å². The van der Waals surface area contributed by atoms with E-state index in [1.807, 2.05) is 19.1 Å². The molecule has 3 aromatic carbocycles. The molecule has 3 heteroatoms. The second-order valence-electron chi connectivity index (χ2n) is 8.13. The number of esters is 1. The normalized spacial score (nSPS) is 11.7. The minimum absolute atomic E-state index is 0.129. The van der Waals surface area contributed by atoms with Crippen LogP contribution in [0.2, 0.25) is 0 Å². The molecule has 0 bridgehead atoms. The van der Waals surface area contributed by atoms with Crippen LogP contribution < -0.4 is 4.74 Å². The summed E-state index contributed by atoms with van der Waals surface area (Å²) in [5, 5.41) is 0. The highest BCUT2D eigenvalue weighted by molar-refractivity contribution is 5.83. The van der Waals surface area contributed by atoms with Gasteiger partial charge in [0, 0.05) is 6.42 Å². The fraction of sp³-hybridized carbons (Fsp3) is 0.345. The summed E-state index contributed by atoms with van der Waals surface area (Å²) < 4.78 is 11.4. The predicted molar refractivity (Wildman–Crippen MR) is 132 cm³/mol. The molecule has 168 valence electrons. The maximum atomic E-state index is 11.9. The lowest BCUT2D eigenvalue weighted by molar-refractivity contribution is -0.148. The molecule has 32 heavy (non-hydrogen) atoms. The highest BCUT2D eigenvalue weighted by atomic mass is 16.5. The first kappa shape index (κ1) is 23.6. The van der Waals surface area contributed by atoms with E-state index in [0.29, 0.717) is 6.42 Å². The number of hydrogen-bond acceptors (Lipinski definition) is 3. The average molecular weight is 431 g/mol. The van der Waals surface area contributed by atoms with E-state index < -0.39 is 0 Å². The van der Waals surface area contributed by atoms with Gasteiger partial charge in [0.25, 0.3) is 0 Å². The molecule has 0 aliphatic carbocycles. The molecule has 0 aliphatic rings. The first-order chi connectivity index (χ1) is 15.6. The van der Waals surface area contributed by atoms with Gasteiger partial charge in [0.1, 0.15) is 11.9 Å². The minimum atomic E-state index is -0.246. The molecule has 1 unspecified atom stereocenters. The Morgan fingerprint density at radius 3 is 1.91 bits per heavy atom. The fourth-order valence-corrected chi connectivity index (χ4v) is 3.63. The highest BCUT2D eigenvalue weighted by Gasteiger charge is 2.13. The Kier molecular flexibility index (Phi) is 8.91. The van der Waals surface area contributed by atoms with Crippen LogP contribution in [0.4, 0.5) is 0 Å². The van der Waals surface area contributed by atoms with Gasteiger partial charge in [-0.3, -0.25) is 4.79 Å². The van der Waals surface area contributed by atoms with Crippen LogP contribution in [-0.4, -0.2) is 12.6 Å². The van der Waals surface area contributed by atoms with Crippen LogP contribution in [0, 0.1) is 0 Å². The topological polar surface area (TPSA) is 35.5 Å². The van der Waals surface area contributed by atoms with Crippen molar-refractivity contribution in [1.82, 2.24) is 0 Å². The molecule has 1 atom stereocenters. The summed E-state index contributed by atoms with van der Waals surface area (Å²) in [7, 11) is 0. The van der Waals surface area contributed by atoms with E-state index in [1.54, 1.807) is 0 Å². The summed E-state index contributed by atoms with van der Waals surface area (Å²) in [5.74, 6) is 0.780. The molecule has 0 N–H and O–H groups in total. The van der Waals surface area contributed by atoms with E-state index in [4.69, 9.17) is 9.47 Å². The molecule has 0 heterocycles. The lowest BCUT2D eigenvalue weighted by atomic mass is 9.94. The van der Waals surface area contributed by atoms with Crippen molar-refractivity contribution in [1.29, 1.82) is 0 Å². The number of carbonyl (C=O) groups excluding carboxylic acids is 1. The summed E-state index contributed by atoms with van der Waals surface area (Å²) in [6.45, 7) is 6.92. The van der Waals surface area contributed by atoms with Gasteiger partial charge in [-0.15, -0.1) is 0 Å². The second kappa shape index (κ2) is 12.1. The highest BCUT2D eigenvalue weighted by Crippen LogP contribution is 2.33. The molecular weight excluding hydrogens is 396 g/mol. The zero-order chi connectivity index (χ0) is 22.8. The molecule has 3 nitrogen and oxygen atoms in total. The number of carbonyl (C=O) groups is 1. The predicted octanol–water partition coefficient (Wildman–Crippen LogP) is 7.99. The Bertz CT molecular complexity index is 974. The molecule has 3 rings (SSSR count). The zero-order valence-electron chi connectivity index (χ0n) is 19.5. The lowest BCUT2D eigenvalue weighted by Crippen LogP contribution is -2.08. The van der Waals surface area contributed by atoms with Crippen LogP contribution in [0.25, 0.3) is 22.3 Å². The second-order valence-corrected chi connectivity index (χ2v) is 8.13. The van der Waals surface area contributed by atoms with Gasteiger partial charge in [0.15, 0.2) is 0 Å². The third-order valence-electron chi connectivity index (χ3n) is 5.59. The van der Waals surface area contributed by atoms with E-state index in [2.05, 4.69) is 74.5 Å². The Hall–Kier alpha value is -3.07. The van der Waals surface area contributed by atoms with Crippen molar-refractivity contribution in [3.05, 3.63) is 78.4 Å². The molecule has 3 aromatic rings. The largest absolute Gasteiger partial charge is 0.494 e. The number of benzene rings is 3. The van der Waals surface area contributed by atoms with Crippen molar-refractivity contribution < 1.29 is 14.3 Å². The Morgan fingerprint density at radius 2 is 1.34 bits per heavy atom. The molecule has 0 aliphatic heterocycles. The summed E-state index contributed by atoms with van der Waals surface area (Å²) >= 11 is 0. The van der Waals surface area contributed by atoms with E-state index in [0.717, 1.165) is 54.7 Å². The molecule has 0 saturated heterocycles.